The Morgan fingerprint density at radius 1 is 1.12 bits per heavy atom. The third-order valence-electron chi connectivity index (χ3n) is 5.65. The van der Waals surface area contributed by atoms with Crippen molar-refractivity contribution in [3.63, 3.8) is 0 Å². The third kappa shape index (κ3) is 4.56. The van der Waals surface area contributed by atoms with Crippen molar-refractivity contribution < 1.29 is 8.42 Å². The van der Waals surface area contributed by atoms with Gasteiger partial charge in [0.25, 0.3) is 0 Å². The molecule has 7 heteroatoms. The zero-order valence-corrected chi connectivity index (χ0v) is 16.9. The lowest BCUT2D eigenvalue weighted by atomic mass is 9.85. The van der Waals surface area contributed by atoms with E-state index in [2.05, 4.69) is 29.3 Å². The van der Waals surface area contributed by atoms with Gasteiger partial charge in [0.05, 0.1) is 0 Å². The minimum atomic E-state index is -3.40. The fraction of sp³-hybridized carbons (Fsp3) is 0.737. The van der Waals surface area contributed by atoms with Crippen LogP contribution in [0.2, 0.25) is 0 Å². The van der Waals surface area contributed by atoms with Crippen LogP contribution in [0.15, 0.2) is 23.2 Å². The second kappa shape index (κ2) is 8.23. The highest BCUT2D eigenvalue weighted by molar-refractivity contribution is 7.89. The van der Waals surface area contributed by atoms with Crippen LogP contribution in [0, 0.1) is 5.41 Å². The predicted octanol–water partition coefficient (Wildman–Crippen LogP) is 2.79. The van der Waals surface area contributed by atoms with Crippen molar-refractivity contribution >= 4 is 15.8 Å². The van der Waals surface area contributed by atoms with Gasteiger partial charge in [-0.3, -0.25) is 0 Å². The zero-order valence-electron chi connectivity index (χ0n) is 16.1. The molecular formula is C19H32N4O2S. The quantitative estimate of drug-likeness (QED) is 0.788. The summed E-state index contributed by atoms with van der Waals surface area (Å²) in [5.41, 5.74) is 0.295. The summed E-state index contributed by atoms with van der Waals surface area (Å²) in [6, 6.07) is 3.49. The van der Waals surface area contributed by atoms with Crippen LogP contribution in [-0.4, -0.2) is 62.9 Å². The topological polar surface area (TPSA) is 65.5 Å². The van der Waals surface area contributed by atoms with Crippen LogP contribution in [0.5, 0.6) is 0 Å². The van der Waals surface area contributed by atoms with Crippen molar-refractivity contribution in [1.29, 1.82) is 0 Å². The zero-order chi connectivity index (χ0) is 18.6. The first-order valence-electron chi connectivity index (χ1n) is 9.76. The molecule has 2 fully saturated rings. The first-order chi connectivity index (χ1) is 12.4. The smallest absolute Gasteiger partial charge is 0.244 e. The Morgan fingerprint density at radius 3 is 2.38 bits per heavy atom. The molecule has 1 aliphatic carbocycles. The normalized spacial score (nSPS) is 21.2. The van der Waals surface area contributed by atoms with Crippen LogP contribution in [0.3, 0.4) is 0 Å². The van der Waals surface area contributed by atoms with E-state index in [1.807, 2.05) is 0 Å². The molecule has 3 rings (SSSR count). The molecular weight excluding hydrogens is 348 g/mol. The summed E-state index contributed by atoms with van der Waals surface area (Å²) in [6.45, 7) is 3.20. The Kier molecular flexibility index (Phi) is 6.20. The summed E-state index contributed by atoms with van der Waals surface area (Å²) in [6.07, 6.45) is 9.55. The molecule has 1 aliphatic heterocycles. The predicted molar refractivity (Wildman–Crippen MR) is 105 cm³/mol. The Hall–Kier alpha value is -1.18. The molecule has 1 aromatic rings. The molecule has 0 amide bonds. The van der Waals surface area contributed by atoms with Crippen LogP contribution in [0.4, 0.5) is 5.82 Å². The van der Waals surface area contributed by atoms with Gasteiger partial charge in [0.1, 0.15) is 10.7 Å². The lowest BCUT2D eigenvalue weighted by Crippen LogP contribution is -2.37. The average Bonchev–Trinajstić information content (AvgIpc) is 3.09. The van der Waals surface area contributed by atoms with Gasteiger partial charge in [-0.05, 0) is 51.9 Å². The number of nitrogens with one attached hydrogen (secondary N) is 1. The third-order valence-corrected chi connectivity index (χ3v) is 7.53. The second-order valence-corrected chi connectivity index (χ2v) is 10.1. The number of rotatable bonds is 7. The van der Waals surface area contributed by atoms with E-state index in [0.29, 0.717) is 23.4 Å². The highest BCUT2D eigenvalue weighted by Crippen LogP contribution is 2.38. The van der Waals surface area contributed by atoms with Gasteiger partial charge in [-0.25, -0.2) is 13.4 Å². The summed E-state index contributed by atoms with van der Waals surface area (Å²) in [5, 5.41) is 3.44. The largest absolute Gasteiger partial charge is 0.369 e. The maximum Gasteiger partial charge on any atom is 0.244 e. The molecule has 1 N–H and O–H groups in total. The van der Waals surface area contributed by atoms with E-state index in [-0.39, 0.29) is 0 Å². The van der Waals surface area contributed by atoms with E-state index >= 15 is 0 Å². The molecule has 146 valence electrons. The number of pyridine rings is 1. The maximum atomic E-state index is 12.7. The first-order valence-corrected chi connectivity index (χ1v) is 11.2. The number of nitrogens with zero attached hydrogens (tertiary/aromatic N) is 3. The molecule has 1 saturated heterocycles. The molecule has 0 spiro atoms. The number of piperidine rings is 1. The molecule has 2 aliphatic rings. The standard InChI is InChI=1S/C19H32N4O2S/c1-22(2)16-19(10-4-5-11-19)15-21-18-9-8-17(14-20-18)26(24,25)23-12-6-3-7-13-23/h8-9,14H,3-7,10-13,15-16H2,1-2H3,(H,20,21). The molecule has 0 atom stereocenters. The van der Waals surface area contributed by atoms with Gasteiger partial charge in [-0.15, -0.1) is 0 Å². The van der Waals surface area contributed by atoms with E-state index in [0.717, 1.165) is 38.2 Å². The number of hydrogen-bond donors (Lipinski definition) is 1. The van der Waals surface area contributed by atoms with Crippen LogP contribution < -0.4 is 5.32 Å². The Morgan fingerprint density at radius 2 is 1.81 bits per heavy atom. The number of hydrogen-bond acceptors (Lipinski definition) is 5. The van der Waals surface area contributed by atoms with E-state index in [1.54, 1.807) is 16.4 Å². The minimum absolute atomic E-state index is 0.295. The highest BCUT2D eigenvalue weighted by Gasteiger charge is 2.34. The lowest BCUT2D eigenvalue weighted by Gasteiger charge is -2.32. The van der Waals surface area contributed by atoms with Crippen molar-refractivity contribution in [3.05, 3.63) is 18.3 Å². The molecule has 26 heavy (non-hydrogen) atoms. The first kappa shape index (κ1) is 19.6. The highest BCUT2D eigenvalue weighted by atomic mass is 32.2. The lowest BCUT2D eigenvalue weighted by molar-refractivity contribution is 0.215. The summed E-state index contributed by atoms with van der Waals surface area (Å²) < 4.78 is 27.0. The van der Waals surface area contributed by atoms with Crippen molar-refractivity contribution in [2.75, 3.05) is 45.6 Å². The van der Waals surface area contributed by atoms with Gasteiger partial charge in [0.2, 0.25) is 10.0 Å². The van der Waals surface area contributed by atoms with Gasteiger partial charge < -0.3 is 10.2 Å². The number of sulfonamides is 1. The fourth-order valence-corrected chi connectivity index (χ4v) is 5.82. The Balaban J connectivity index is 1.64. The molecule has 0 bridgehead atoms. The summed E-state index contributed by atoms with van der Waals surface area (Å²) in [5.74, 6) is 0.757. The number of aromatic nitrogens is 1. The van der Waals surface area contributed by atoms with Crippen LogP contribution in [-0.2, 0) is 10.0 Å². The monoisotopic (exact) mass is 380 g/mol. The van der Waals surface area contributed by atoms with Crippen LogP contribution in [0.25, 0.3) is 0 Å². The molecule has 0 unspecified atom stereocenters. The van der Waals surface area contributed by atoms with Gasteiger partial charge in [0, 0.05) is 37.8 Å². The molecule has 0 aromatic carbocycles. The second-order valence-electron chi connectivity index (χ2n) is 8.14. The molecule has 1 aromatic heterocycles. The van der Waals surface area contributed by atoms with Crippen molar-refractivity contribution in [3.8, 4) is 0 Å². The number of anilines is 1. The summed E-state index contributed by atoms with van der Waals surface area (Å²) in [4.78, 5) is 6.94. The molecule has 6 nitrogen and oxygen atoms in total. The van der Waals surface area contributed by atoms with E-state index < -0.39 is 10.0 Å². The van der Waals surface area contributed by atoms with E-state index in [4.69, 9.17) is 0 Å². The average molecular weight is 381 g/mol. The Bertz CT molecular complexity index is 676. The van der Waals surface area contributed by atoms with Crippen molar-refractivity contribution in [2.45, 2.75) is 49.8 Å². The van der Waals surface area contributed by atoms with Gasteiger partial charge >= 0.3 is 0 Å². The molecule has 2 heterocycles. The van der Waals surface area contributed by atoms with Gasteiger partial charge in [0.15, 0.2) is 0 Å². The van der Waals surface area contributed by atoms with Crippen molar-refractivity contribution in [2.24, 2.45) is 5.41 Å². The fourth-order valence-electron chi connectivity index (χ4n) is 4.36. The molecule has 0 radical (unpaired) electrons. The maximum absolute atomic E-state index is 12.7. The van der Waals surface area contributed by atoms with Gasteiger partial charge in [-0.2, -0.15) is 4.31 Å². The van der Waals surface area contributed by atoms with Gasteiger partial charge in [-0.1, -0.05) is 19.3 Å². The summed E-state index contributed by atoms with van der Waals surface area (Å²) >= 11 is 0. The minimum Gasteiger partial charge on any atom is -0.369 e. The van der Waals surface area contributed by atoms with Crippen LogP contribution >= 0.6 is 0 Å². The SMILES string of the molecule is CN(C)CC1(CNc2ccc(S(=O)(=O)N3CCCCC3)cn2)CCCC1. The molecule has 1 saturated carbocycles. The van der Waals surface area contributed by atoms with Crippen molar-refractivity contribution in [1.82, 2.24) is 14.2 Å². The Labute approximate surface area is 158 Å². The summed E-state index contributed by atoms with van der Waals surface area (Å²) in [7, 11) is 0.846. The van der Waals surface area contributed by atoms with E-state index in [9.17, 15) is 8.42 Å². The van der Waals surface area contributed by atoms with Crippen LogP contribution in [0.1, 0.15) is 44.9 Å². The van der Waals surface area contributed by atoms with E-state index in [1.165, 1.54) is 31.9 Å².